The maximum absolute atomic E-state index is 12.9. The second-order valence-electron chi connectivity index (χ2n) is 5.32. The lowest BCUT2D eigenvalue weighted by Crippen LogP contribution is -2.44. The van der Waals surface area contributed by atoms with E-state index in [0.717, 1.165) is 32.0 Å². The molecule has 1 aliphatic rings. The zero-order chi connectivity index (χ0) is 15.5. The van der Waals surface area contributed by atoms with Crippen LogP contribution in [0.3, 0.4) is 0 Å². The van der Waals surface area contributed by atoms with E-state index in [1.165, 1.54) is 18.2 Å². The highest BCUT2D eigenvalue weighted by Gasteiger charge is 2.34. The van der Waals surface area contributed by atoms with Gasteiger partial charge < -0.3 is 10.2 Å². The fourth-order valence-electron chi connectivity index (χ4n) is 2.64. The molecule has 0 atom stereocenters. The van der Waals surface area contributed by atoms with Crippen LogP contribution in [0.5, 0.6) is 0 Å². The quantitative estimate of drug-likeness (QED) is 0.930. The highest BCUT2D eigenvalue weighted by atomic mass is 19.4. The van der Waals surface area contributed by atoms with Crippen molar-refractivity contribution in [2.45, 2.75) is 31.5 Å². The molecule has 1 aromatic rings. The summed E-state index contributed by atoms with van der Waals surface area (Å²) in [6.45, 7) is 1.67. The maximum atomic E-state index is 12.9. The molecule has 0 radical (unpaired) electrons. The number of amides is 1. The van der Waals surface area contributed by atoms with Gasteiger partial charge in [0.2, 0.25) is 5.91 Å². The Morgan fingerprint density at radius 2 is 1.90 bits per heavy atom. The number of piperidine rings is 1. The molecule has 1 N–H and O–H groups in total. The van der Waals surface area contributed by atoms with Gasteiger partial charge in [0.1, 0.15) is 0 Å². The highest BCUT2D eigenvalue weighted by Crippen LogP contribution is 2.32. The van der Waals surface area contributed by atoms with Gasteiger partial charge >= 0.3 is 6.18 Å². The van der Waals surface area contributed by atoms with Crippen molar-refractivity contribution in [2.24, 2.45) is 0 Å². The summed E-state index contributed by atoms with van der Waals surface area (Å²) < 4.78 is 38.8. The Balaban J connectivity index is 2.09. The van der Waals surface area contributed by atoms with E-state index in [0.29, 0.717) is 0 Å². The van der Waals surface area contributed by atoms with Gasteiger partial charge in [-0.2, -0.15) is 13.2 Å². The topological polar surface area (TPSA) is 32.3 Å². The first-order chi connectivity index (χ1) is 9.89. The summed E-state index contributed by atoms with van der Waals surface area (Å²) in [4.78, 5) is 13.8. The molecule has 116 valence electrons. The number of carbonyl (C=O) groups is 1. The molecule has 1 saturated heterocycles. The minimum atomic E-state index is -4.43. The molecule has 0 aliphatic carbocycles. The van der Waals surface area contributed by atoms with Crippen molar-refractivity contribution in [3.63, 3.8) is 0 Å². The highest BCUT2D eigenvalue weighted by molar-refractivity contribution is 5.79. The van der Waals surface area contributed by atoms with Gasteiger partial charge in [-0.15, -0.1) is 0 Å². The Morgan fingerprint density at radius 3 is 2.52 bits per heavy atom. The van der Waals surface area contributed by atoms with Crippen LogP contribution in [0.15, 0.2) is 24.3 Å². The fraction of sp³-hybridized carbons (Fsp3) is 0.533. The second-order valence-corrected chi connectivity index (χ2v) is 5.32. The van der Waals surface area contributed by atoms with Gasteiger partial charge in [-0.1, -0.05) is 18.2 Å². The molecule has 2 rings (SSSR count). The molecular weight excluding hydrogens is 281 g/mol. The van der Waals surface area contributed by atoms with Crippen LogP contribution in [0, 0.1) is 0 Å². The summed E-state index contributed by atoms with van der Waals surface area (Å²) >= 11 is 0. The van der Waals surface area contributed by atoms with Crippen LogP contribution >= 0.6 is 0 Å². The van der Waals surface area contributed by atoms with Crippen LogP contribution in [-0.2, 0) is 17.4 Å². The third-order valence-electron chi connectivity index (χ3n) is 3.91. The molecule has 1 amide bonds. The number of nitrogens with one attached hydrogen (secondary N) is 1. The standard InChI is InChI=1S/C15H19F3N2O/c1-20(12-6-8-19-9-7-12)14(21)10-11-4-2-3-5-13(11)15(16,17)18/h2-5,12,19H,6-10H2,1H3. The summed E-state index contributed by atoms with van der Waals surface area (Å²) in [5.74, 6) is -0.265. The zero-order valence-corrected chi connectivity index (χ0v) is 11.9. The lowest BCUT2D eigenvalue weighted by Gasteiger charge is -2.32. The second kappa shape index (κ2) is 6.47. The van der Waals surface area contributed by atoms with E-state index in [9.17, 15) is 18.0 Å². The molecule has 1 fully saturated rings. The van der Waals surface area contributed by atoms with Gasteiger partial charge in [0.25, 0.3) is 0 Å². The first-order valence-corrected chi connectivity index (χ1v) is 7.01. The first kappa shape index (κ1) is 15.8. The van der Waals surface area contributed by atoms with Crippen molar-refractivity contribution in [3.8, 4) is 0 Å². The number of rotatable bonds is 3. The predicted octanol–water partition coefficient (Wildman–Crippen LogP) is 2.46. The van der Waals surface area contributed by atoms with Crippen molar-refractivity contribution in [3.05, 3.63) is 35.4 Å². The number of carbonyl (C=O) groups excluding carboxylic acids is 1. The van der Waals surface area contributed by atoms with Gasteiger partial charge in [0, 0.05) is 13.1 Å². The van der Waals surface area contributed by atoms with Gasteiger partial charge in [-0.25, -0.2) is 0 Å². The first-order valence-electron chi connectivity index (χ1n) is 7.01. The largest absolute Gasteiger partial charge is 0.416 e. The van der Waals surface area contributed by atoms with Gasteiger partial charge in [0.15, 0.2) is 0 Å². The van der Waals surface area contributed by atoms with Crippen molar-refractivity contribution in [2.75, 3.05) is 20.1 Å². The lowest BCUT2D eigenvalue weighted by atomic mass is 10.0. The Morgan fingerprint density at radius 1 is 1.29 bits per heavy atom. The molecule has 6 heteroatoms. The van der Waals surface area contributed by atoms with Crippen molar-refractivity contribution < 1.29 is 18.0 Å². The molecule has 0 unspecified atom stereocenters. The fourth-order valence-corrected chi connectivity index (χ4v) is 2.64. The SMILES string of the molecule is CN(C(=O)Cc1ccccc1C(F)(F)F)C1CCNCC1. The van der Waals surface area contributed by atoms with Crippen molar-refractivity contribution >= 4 is 5.91 Å². The van der Waals surface area contributed by atoms with Crippen molar-refractivity contribution in [1.29, 1.82) is 0 Å². The van der Waals surface area contributed by atoms with E-state index in [2.05, 4.69) is 5.32 Å². The summed E-state index contributed by atoms with van der Waals surface area (Å²) in [5.41, 5.74) is -0.687. The third-order valence-corrected chi connectivity index (χ3v) is 3.91. The van der Waals surface area contributed by atoms with Gasteiger partial charge in [-0.05, 0) is 37.6 Å². The Kier molecular flexibility index (Phi) is 4.88. The van der Waals surface area contributed by atoms with Crippen LogP contribution in [0.4, 0.5) is 13.2 Å². The average molecular weight is 300 g/mol. The number of hydrogen-bond donors (Lipinski definition) is 1. The van der Waals surface area contributed by atoms with Crippen LogP contribution in [0.2, 0.25) is 0 Å². The zero-order valence-electron chi connectivity index (χ0n) is 11.9. The van der Waals surface area contributed by atoms with E-state index in [1.807, 2.05) is 0 Å². The Labute approximate surface area is 122 Å². The number of nitrogens with zero attached hydrogens (tertiary/aromatic N) is 1. The number of benzene rings is 1. The van der Waals surface area contributed by atoms with E-state index < -0.39 is 11.7 Å². The third kappa shape index (κ3) is 3.97. The molecule has 0 spiro atoms. The van der Waals surface area contributed by atoms with E-state index in [-0.39, 0.29) is 23.9 Å². The number of hydrogen-bond acceptors (Lipinski definition) is 2. The summed E-state index contributed by atoms with van der Waals surface area (Å²) in [5, 5.41) is 3.20. The van der Waals surface area contributed by atoms with Crippen LogP contribution in [0.1, 0.15) is 24.0 Å². The van der Waals surface area contributed by atoms with Crippen molar-refractivity contribution in [1.82, 2.24) is 10.2 Å². The van der Waals surface area contributed by atoms with Crippen LogP contribution in [0.25, 0.3) is 0 Å². The summed E-state index contributed by atoms with van der Waals surface area (Å²) in [6, 6.07) is 5.37. The predicted molar refractivity (Wildman–Crippen MR) is 73.8 cm³/mol. The normalized spacial score (nSPS) is 16.8. The van der Waals surface area contributed by atoms with Crippen LogP contribution < -0.4 is 5.32 Å². The maximum Gasteiger partial charge on any atom is 0.416 e. The Bertz CT molecular complexity index is 496. The lowest BCUT2D eigenvalue weighted by molar-refractivity contribution is -0.138. The molecule has 1 aliphatic heterocycles. The number of alkyl halides is 3. The minimum Gasteiger partial charge on any atom is -0.342 e. The smallest absolute Gasteiger partial charge is 0.342 e. The molecule has 0 aromatic heterocycles. The minimum absolute atomic E-state index is 0.0378. The van der Waals surface area contributed by atoms with E-state index in [4.69, 9.17) is 0 Å². The summed E-state index contributed by atoms with van der Waals surface area (Å²) in [7, 11) is 1.68. The van der Waals surface area contributed by atoms with Gasteiger partial charge in [-0.3, -0.25) is 4.79 Å². The molecule has 1 aromatic carbocycles. The number of halogens is 3. The molecule has 21 heavy (non-hydrogen) atoms. The molecule has 1 heterocycles. The molecular formula is C15H19F3N2O. The van der Waals surface area contributed by atoms with E-state index in [1.54, 1.807) is 11.9 Å². The van der Waals surface area contributed by atoms with E-state index >= 15 is 0 Å². The monoisotopic (exact) mass is 300 g/mol. The average Bonchev–Trinajstić information content (AvgIpc) is 2.47. The Hall–Kier alpha value is -1.56. The number of likely N-dealkylation sites (N-methyl/N-ethyl adjacent to an activating group) is 1. The molecule has 0 bridgehead atoms. The van der Waals surface area contributed by atoms with Crippen LogP contribution in [-0.4, -0.2) is 37.0 Å². The molecule has 0 saturated carbocycles. The van der Waals surface area contributed by atoms with Gasteiger partial charge in [0.05, 0.1) is 12.0 Å². The summed E-state index contributed by atoms with van der Waals surface area (Å²) in [6.07, 6.45) is -2.97. The molecule has 3 nitrogen and oxygen atoms in total.